The number of fused-ring (bicyclic) bond motifs is 4. The molecule has 0 bridgehead atoms. The highest BCUT2D eigenvalue weighted by molar-refractivity contribution is 6.08. The van der Waals surface area contributed by atoms with Gasteiger partial charge in [-0.3, -0.25) is 14.5 Å². The fourth-order valence-corrected chi connectivity index (χ4v) is 4.65. The first kappa shape index (κ1) is 19.4. The molecule has 0 unspecified atom stereocenters. The number of rotatable bonds is 3. The van der Waals surface area contributed by atoms with Gasteiger partial charge in [-0.05, 0) is 42.5 Å². The summed E-state index contributed by atoms with van der Waals surface area (Å²) < 4.78 is 2.06. The van der Waals surface area contributed by atoms with Crippen molar-refractivity contribution in [3.05, 3.63) is 97.5 Å². The molecule has 0 aliphatic heterocycles. The fraction of sp³-hybridized carbons (Fsp3) is 0. The predicted molar refractivity (Wildman–Crippen MR) is 136 cm³/mol. The minimum absolute atomic E-state index is 0.194. The summed E-state index contributed by atoms with van der Waals surface area (Å²) in [5.74, 6) is 0.914. The van der Waals surface area contributed by atoms with Crippen molar-refractivity contribution in [2.45, 2.75) is 0 Å². The van der Waals surface area contributed by atoms with E-state index < -0.39 is 0 Å². The minimum atomic E-state index is 0.194. The summed E-state index contributed by atoms with van der Waals surface area (Å²) in [4.78, 5) is 22.2. The lowest BCUT2D eigenvalue weighted by Gasteiger charge is -2.10. The fourth-order valence-electron chi connectivity index (χ4n) is 4.65. The van der Waals surface area contributed by atoms with Gasteiger partial charge in [0.2, 0.25) is 0 Å². The minimum Gasteiger partial charge on any atom is -0.507 e. The number of phenolic OH excluding ortho intramolecular Hbond substituents is 1. The molecule has 7 nitrogen and oxygen atoms in total. The second kappa shape index (κ2) is 7.50. The Morgan fingerprint density at radius 1 is 0.714 bits per heavy atom. The van der Waals surface area contributed by atoms with Crippen LogP contribution in [0.25, 0.3) is 61.4 Å². The van der Waals surface area contributed by atoms with E-state index in [4.69, 9.17) is 9.97 Å². The van der Waals surface area contributed by atoms with Crippen LogP contribution in [0.2, 0.25) is 0 Å². The van der Waals surface area contributed by atoms with Crippen LogP contribution < -0.4 is 0 Å². The molecule has 35 heavy (non-hydrogen) atoms. The van der Waals surface area contributed by atoms with Gasteiger partial charge in [0.1, 0.15) is 28.2 Å². The van der Waals surface area contributed by atoms with Crippen LogP contribution in [-0.4, -0.2) is 34.6 Å². The van der Waals surface area contributed by atoms with E-state index in [2.05, 4.69) is 37.7 Å². The average molecular weight is 454 g/mol. The molecule has 0 atom stereocenters. The molecule has 7 rings (SSSR count). The highest BCUT2D eigenvalue weighted by atomic mass is 16.3. The largest absolute Gasteiger partial charge is 0.507 e. The number of nitrogens with one attached hydrogen (secondary N) is 1. The molecular formula is C28H18N6O. The van der Waals surface area contributed by atoms with Gasteiger partial charge in [-0.25, -0.2) is 9.97 Å². The van der Waals surface area contributed by atoms with Crippen LogP contribution >= 0.6 is 0 Å². The summed E-state index contributed by atoms with van der Waals surface area (Å²) in [5.41, 5.74) is 6.33. The Balaban J connectivity index is 1.50. The Labute approximate surface area is 199 Å². The number of para-hydroxylation sites is 2. The zero-order valence-electron chi connectivity index (χ0n) is 18.4. The van der Waals surface area contributed by atoms with Crippen molar-refractivity contribution in [2.24, 2.45) is 0 Å². The third-order valence-corrected chi connectivity index (χ3v) is 6.24. The van der Waals surface area contributed by atoms with E-state index in [1.807, 2.05) is 54.7 Å². The second-order valence-corrected chi connectivity index (χ2v) is 8.27. The number of H-pyrrole nitrogens is 1. The van der Waals surface area contributed by atoms with Crippen molar-refractivity contribution >= 4 is 33.0 Å². The summed E-state index contributed by atoms with van der Waals surface area (Å²) >= 11 is 0. The monoisotopic (exact) mass is 454 g/mol. The maximum absolute atomic E-state index is 10.4. The van der Waals surface area contributed by atoms with Crippen molar-refractivity contribution in [3.8, 4) is 34.2 Å². The SMILES string of the molecule is Oc1ccccc1-c1cccc(-n2c3ccccc3c3ccc(-c4[nH]cc5nccnc45)nc32)n1. The van der Waals surface area contributed by atoms with Crippen molar-refractivity contribution in [3.63, 3.8) is 0 Å². The van der Waals surface area contributed by atoms with Crippen molar-refractivity contribution in [1.82, 2.24) is 29.5 Å². The first-order chi connectivity index (χ1) is 17.3. The Morgan fingerprint density at radius 2 is 1.57 bits per heavy atom. The number of pyridine rings is 2. The summed E-state index contributed by atoms with van der Waals surface area (Å²) in [7, 11) is 0. The van der Waals surface area contributed by atoms with Crippen molar-refractivity contribution < 1.29 is 5.11 Å². The number of hydrogen-bond acceptors (Lipinski definition) is 5. The molecule has 2 N–H and O–H groups in total. The number of phenols is 1. The van der Waals surface area contributed by atoms with Crippen LogP contribution in [-0.2, 0) is 0 Å². The van der Waals surface area contributed by atoms with Gasteiger partial charge in [-0.15, -0.1) is 0 Å². The molecule has 0 amide bonds. The smallest absolute Gasteiger partial charge is 0.147 e. The normalized spacial score (nSPS) is 11.5. The van der Waals surface area contributed by atoms with Crippen LogP contribution in [0, 0.1) is 0 Å². The zero-order valence-corrected chi connectivity index (χ0v) is 18.4. The van der Waals surface area contributed by atoms with Crippen molar-refractivity contribution in [2.75, 3.05) is 0 Å². The molecular weight excluding hydrogens is 436 g/mol. The Kier molecular flexibility index (Phi) is 4.16. The highest BCUT2D eigenvalue weighted by Gasteiger charge is 2.17. The van der Waals surface area contributed by atoms with E-state index >= 15 is 0 Å². The van der Waals surface area contributed by atoms with Crippen LogP contribution in [0.15, 0.2) is 97.5 Å². The van der Waals surface area contributed by atoms with E-state index in [1.54, 1.807) is 24.5 Å². The molecule has 5 heterocycles. The van der Waals surface area contributed by atoms with Gasteiger partial charge in [0.25, 0.3) is 0 Å². The molecule has 0 saturated heterocycles. The molecule has 166 valence electrons. The summed E-state index contributed by atoms with van der Waals surface area (Å²) in [6.07, 6.45) is 5.21. The van der Waals surface area contributed by atoms with E-state index in [9.17, 15) is 5.11 Å². The molecule has 0 fully saturated rings. The van der Waals surface area contributed by atoms with E-state index in [0.29, 0.717) is 11.3 Å². The van der Waals surface area contributed by atoms with Gasteiger partial charge in [-0.2, -0.15) is 0 Å². The number of hydrogen-bond donors (Lipinski definition) is 2. The summed E-state index contributed by atoms with van der Waals surface area (Å²) in [6, 6.07) is 25.3. The van der Waals surface area contributed by atoms with Crippen LogP contribution in [0.3, 0.4) is 0 Å². The molecule has 0 spiro atoms. The number of nitrogens with zero attached hydrogens (tertiary/aromatic N) is 5. The molecule has 7 heteroatoms. The van der Waals surface area contributed by atoms with E-state index in [1.165, 1.54) is 0 Å². The van der Waals surface area contributed by atoms with Gasteiger partial charge in [0, 0.05) is 34.9 Å². The molecule has 0 radical (unpaired) electrons. The Hall–Kier alpha value is -5.04. The van der Waals surface area contributed by atoms with Crippen molar-refractivity contribution in [1.29, 1.82) is 0 Å². The number of benzene rings is 2. The van der Waals surface area contributed by atoms with Gasteiger partial charge >= 0.3 is 0 Å². The van der Waals surface area contributed by atoms with E-state index in [0.717, 1.165) is 50.2 Å². The quantitative estimate of drug-likeness (QED) is 0.348. The van der Waals surface area contributed by atoms with Gasteiger partial charge < -0.3 is 10.1 Å². The maximum atomic E-state index is 10.4. The maximum Gasteiger partial charge on any atom is 0.147 e. The Bertz CT molecular complexity index is 1880. The Morgan fingerprint density at radius 3 is 2.51 bits per heavy atom. The number of aromatic amines is 1. The van der Waals surface area contributed by atoms with E-state index in [-0.39, 0.29) is 5.75 Å². The van der Waals surface area contributed by atoms with Gasteiger partial charge in [0.15, 0.2) is 0 Å². The first-order valence-electron chi connectivity index (χ1n) is 11.2. The summed E-state index contributed by atoms with van der Waals surface area (Å²) in [6.45, 7) is 0. The second-order valence-electron chi connectivity index (χ2n) is 8.27. The van der Waals surface area contributed by atoms with Crippen LogP contribution in [0.5, 0.6) is 5.75 Å². The lowest BCUT2D eigenvalue weighted by molar-refractivity contribution is 0.477. The third kappa shape index (κ3) is 2.99. The van der Waals surface area contributed by atoms with Gasteiger partial charge in [-0.1, -0.05) is 36.4 Å². The number of aromatic nitrogens is 6. The lowest BCUT2D eigenvalue weighted by Crippen LogP contribution is -2.00. The molecule has 7 aromatic rings. The standard InChI is InChI=1S/C28H18N6O/c35-24-10-4-2-7-19(24)20-8-5-11-25(32-20)34-23-9-3-1-6-17(23)18-12-13-21(33-28(18)34)26-27-22(16-31-26)29-14-15-30-27/h1-16,31,35H. The third-order valence-electron chi connectivity index (χ3n) is 6.24. The number of aromatic hydroxyl groups is 1. The summed E-state index contributed by atoms with van der Waals surface area (Å²) in [5, 5.41) is 12.5. The topological polar surface area (TPSA) is 92.5 Å². The molecule has 0 aliphatic carbocycles. The highest BCUT2D eigenvalue weighted by Crippen LogP contribution is 2.34. The van der Waals surface area contributed by atoms with Gasteiger partial charge in [0.05, 0.1) is 22.6 Å². The average Bonchev–Trinajstić information content (AvgIpc) is 3.48. The first-order valence-corrected chi connectivity index (χ1v) is 11.2. The van der Waals surface area contributed by atoms with Crippen LogP contribution in [0.4, 0.5) is 0 Å². The lowest BCUT2D eigenvalue weighted by atomic mass is 10.1. The predicted octanol–water partition coefficient (Wildman–Crippen LogP) is 5.88. The molecule has 2 aromatic carbocycles. The molecule has 0 saturated carbocycles. The van der Waals surface area contributed by atoms with Crippen LogP contribution in [0.1, 0.15) is 0 Å². The molecule has 0 aliphatic rings. The zero-order chi connectivity index (χ0) is 23.4. The molecule has 5 aromatic heterocycles.